The maximum Gasteiger partial charge on any atom is 0.418 e. The second-order valence-corrected chi connectivity index (χ2v) is 5.01. The summed E-state index contributed by atoms with van der Waals surface area (Å²) in [6, 6.07) is 4.63. The molecule has 2 nitrogen and oxygen atoms in total. The largest absolute Gasteiger partial charge is 0.418 e. The third-order valence-corrected chi connectivity index (χ3v) is 3.22. The van der Waals surface area contributed by atoms with Gasteiger partial charge in [-0.1, -0.05) is 13.0 Å². The van der Waals surface area contributed by atoms with Crippen LogP contribution in [0.25, 0.3) is 0 Å². The average Bonchev–Trinajstić information content (AvgIpc) is 2.36. The van der Waals surface area contributed by atoms with E-state index in [1.165, 1.54) is 6.07 Å². The molecule has 1 aromatic rings. The summed E-state index contributed by atoms with van der Waals surface area (Å²) < 4.78 is 39.8. The molecule has 0 aromatic heterocycles. The number of nitrogens with one attached hydrogen (secondary N) is 1. The number of hydrogen-bond donors (Lipinski definition) is 1. The topological polar surface area (TPSA) is 15.3 Å². The first-order valence-corrected chi connectivity index (χ1v) is 6.98. The van der Waals surface area contributed by atoms with Gasteiger partial charge in [-0.05, 0) is 45.0 Å². The smallest absolute Gasteiger partial charge is 0.369 e. The average molecular weight is 288 g/mol. The van der Waals surface area contributed by atoms with E-state index in [-0.39, 0.29) is 11.7 Å². The fourth-order valence-corrected chi connectivity index (χ4v) is 2.25. The van der Waals surface area contributed by atoms with Crippen molar-refractivity contribution in [1.82, 2.24) is 5.32 Å². The molecule has 0 aliphatic carbocycles. The van der Waals surface area contributed by atoms with Crippen LogP contribution in [0.5, 0.6) is 0 Å². The quantitative estimate of drug-likeness (QED) is 0.849. The van der Waals surface area contributed by atoms with Crippen LogP contribution in [0.15, 0.2) is 18.2 Å². The van der Waals surface area contributed by atoms with Crippen molar-refractivity contribution in [3.05, 3.63) is 29.3 Å². The van der Waals surface area contributed by atoms with Crippen LogP contribution in [-0.2, 0) is 12.7 Å². The lowest BCUT2D eigenvalue weighted by Crippen LogP contribution is -2.32. The van der Waals surface area contributed by atoms with Crippen molar-refractivity contribution in [2.75, 3.05) is 18.0 Å². The molecule has 0 atom stereocenters. The molecule has 0 bridgehead atoms. The lowest BCUT2D eigenvalue weighted by Gasteiger charge is -2.30. The zero-order valence-electron chi connectivity index (χ0n) is 12.5. The van der Waals surface area contributed by atoms with Crippen LogP contribution in [-0.4, -0.2) is 19.1 Å². The van der Waals surface area contributed by atoms with Crippen LogP contribution in [0.2, 0.25) is 0 Å². The van der Waals surface area contributed by atoms with E-state index in [9.17, 15) is 13.2 Å². The van der Waals surface area contributed by atoms with Crippen LogP contribution >= 0.6 is 0 Å². The Bertz CT molecular complexity index is 428. The Kier molecular flexibility index (Phi) is 5.87. The fourth-order valence-electron chi connectivity index (χ4n) is 2.25. The van der Waals surface area contributed by atoms with E-state index < -0.39 is 11.7 Å². The molecule has 0 saturated heterocycles. The van der Waals surface area contributed by atoms with E-state index in [1.807, 2.05) is 27.7 Å². The molecule has 0 radical (unpaired) electrons. The summed E-state index contributed by atoms with van der Waals surface area (Å²) in [6.07, 6.45) is -4.33. The molecule has 0 fully saturated rings. The zero-order valence-corrected chi connectivity index (χ0v) is 12.5. The molecule has 0 aliphatic heterocycles. The maximum atomic E-state index is 13.3. The number of nitrogens with zero attached hydrogens (tertiary/aromatic N) is 1. The Hall–Kier alpha value is -1.23. The van der Waals surface area contributed by atoms with Crippen LogP contribution < -0.4 is 10.2 Å². The summed E-state index contributed by atoms with van der Waals surface area (Å²) in [6.45, 7) is 9.33. The molecule has 20 heavy (non-hydrogen) atoms. The molecule has 1 rings (SSSR count). The minimum atomic E-state index is -4.33. The first-order chi connectivity index (χ1) is 9.31. The van der Waals surface area contributed by atoms with Gasteiger partial charge in [0.1, 0.15) is 0 Å². The van der Waals surface area contributed by atoms with Crippen LogP contribution in [0.4, 0.5) is 18.9 Å². The number of halogens is 3. The van der Waals surface area contributed by atoms with Crippen molar-refractivity contribution in [3.8, 4) is 0 Å². The molecule has 1 N–H and O–H groups in total. The van der Waals surface area contributed by atoms with Gasteiger partial charge in [-0.15, -0.1) is 0 Å². The first kappa shape index (κ1) is 16.8. The lowest BCUT2D eigenvalue weighted by atomic mass is 10.1. The molecule has 0 spiro atoms. The monoisotopic (exact) mass is 288 g/mol. The number of alkyl halides is 3. The van der Waals surface area contributed by atoms with Crippen molar-refractivity contribution >= 4 is 5.69 Å². The van der Waals surface area contributed by atoms with Gasteiger partial charge in [0, 0.05) is 24.8 Å². The summed E-state index contributed by atoms with van der Waals surface area (Å²) in [4.78, 5) is 1.76. The summed E-state index contributed by atoms with van der Waals surface area (Å²) in [7, 11) is 0. The van der Waals surface area contributed by atoms with Crippen molar-refractivity contribution in [3.63, 3.8) is 0 Å². The summed E-state index contributed by atoms with van der Waals surface area (Å²) in [5.74, 6) is 0. The predicted octanol–water partition coefficient (Wildman–Crippen LogP) is 4.05. The second kappa shape index (κ2) is 6.97. The minimum Gasteiger partial charge on any atom is -0.369 e. The molecule has 1 aromatic carbocycles. The molecule has 0 unspecified atom stereocenters. The van der Waals surface area contributed by atoms with Gasteiger partial charge in [0.2, 0.25) is 0 Å². The van der Waals surface area contributed by atoms with Crippen LogP contribution in [0.1, 0.15) is 38.8 Å². The highest BCUT2D eigenvalue weighted by molar-refractivity contribution is 5.57. The SMILES string of the molecule is CCNCc1ccc(N(CC)C(C)C)c(C(F)(F)F)c1. The normalized spacial score (nSPS) is 12.0. The van der Waals surface area contributed by atoms with Gasteiger partial charge in [0.15, 0.2) is 0 Å². The standard InChI is InChI=1S/C15H23F3N2/c1-5-19-10-12-7-8-14(20(6-2)11(3)4)13(9-12)15(16,17)18/h7-9,11,19H,5-6,10H2,1-4H3. The number of benzene rings is 1. The third-order valence-electron chi connectivity index (χ3n) is 3.22. The van der Waals surface area contributed by atoms with Gasteiger partial charge in [0.25, 0.3) is 0 Å². The lowest BCUT2D eigenvalue weighted by molar-refractivity contribution is -0.137. The summed E-state index contributed by atoms with van der Waals surface area (Å²) in [5.41, 5.74) is 0.362. The van der Waals surface area contributed by atoms with E-state index in [4.69, 9.17) is 0 Å². The highest BCUT2D eigenvalue weighted by Gasteiger charge is 2.35. The van der Waals surface area contributed by atoms with E-state index >= 15 is 0 Å². The van der Waals surface area contributed by atoms with Gasteiger partial charge < -0.3 is 10.2 Å². The molecule has 0 saturated carbocycles. The first-order valence-electron chi connectivity index (χ1n) is 6.98. The van der Waals surface area contributed by atoms with Crippen molar-refractivity contribution in [1.29, 1.82) is 0 Å². The predicted molar refractivity (Wildman–Crippen MR) is 77.0 cm³/mol. The Labute approximate surface area is 119 Å². The van der Waals surface area contributed by atoms with Gasteiger partial charge >= 0.3 is 6.18 Å². The van der Waals surface area contributed by atoms with Gasteiger partial charge in [0.05, 0.1) is 5.56 Å². The minimum absolute atomic E-state index is 0.0284. The number of rotatable bonds is 6. The molecule has 0 amide bonds. The molecule has 0 aliphatic rings. The van der Waals surface area contributed by atoms with Gasteiger partial charge in [-0.2, -0.15) is 13.2 Å². The van der Waals surface area contributed by atoms with E-state index in [0.29, 0.717) is 18.7 Å². The van der Waals surface area contributed by atoms with Crippen LogP contribution in [0, 0.1) is 0 Å². The zero-order chi connectivity index (χ0) is 15.3. The summed E-state index contributed by atoms with van der Waals surface area (Å²) in [5, 5.41) is 3.05. The Morgan fingerprint density at radius 2 is 1.85 bits per heavy atom. The van der Waals surface area contributed by atoms with Crippen LogP contribution in [0.3, 0.4) is 0 Å². The highest BCUT2D eigenvalue weighted by Crippen LogP contribution is 2.37. The number of anilines is 1. The molecular formula is C15H23F3N2. The van der Waals surface area contributed by atoms with Crippen molar-refractivity contribution in [2.24, 2.45) is 0 Å². The van der Waals surface area contributed by atoms with Gasteiger partial charge in [-0.25, -0.2) is 0 Å². The summed E-state index contributed by atoms with van der Waals surface area (Å²) >= 11 is 0. The highest BCUT2D eigenvalue weighted by atomic mass is 19.4. The van der Waals surface area contributed by atoms with Crippen molar-refractivity contribution < 1.29 is 13.2 Å². The Morgan fingerprint density at radius 3 is 2.30 bits per heavy atom. The molecular weight excluding hydrogens is 265 g/mol. The van der Waals surface area contributed by atoms with E-state index in [0.717, 1.165) is 6.54 Å². The molecule has 114 valence electrons. The van der Waals surface area contributed by atoms with E-state index in [1.54, 1.807) is 17.0 Å². The molecule has 0 heterocycles. The van der Waals surface area contributed by atoms with Crippen molar-refractivity contribution in [2.45, 2.75) is 46.5 Å². The molecule has 5 heteroatoms. The second-order valence-electron chi connectivity index (χ2n) is 5.01. The number of hydrogen-bond acceptors (Lipinski definition) is 2. The third kappa shape index (κ3) is 4.13. The van der Waals surface area contributed by atoms with E-state index in [2.05, 4.69) is 5.32 Å². The maximum absolute atomic E-state index is 13.3. The fraction of sp³-hybridized carbons (Fsp3) is 0.600. The Morgan fingerprint density at radius 1 is 1.20 bits per heavy atom. The van der Waals surface area contributed by atoms with Gasteiger partial charge in [-0.3, -0.25) is 0 Å². The Balaban J connectivity index is 3.23.